The van der Waals surface area contributed by atoms with Gasteiger partial charge in [0, 0.05) is 0 Å². The Balaban J connectivity index is 3.07. The average Bonchev–Trinajstić information content (AvgIpc) is 2.54. The summed E-state index contributed by atoms with van der Waals surface area (Å²) >= 11 is 0. The molecule has 0 spiro atoms. The summed E-state index contributed by atoms with van der Waals surface area (Å²) in [7, 11) is -10.3. The van der Waals surface area contributed by atoms with Crippen molar-refractivity contribution in [3.05, 3.63) is 0 Å². The molecule has 7 atom stereocenters. The minimum absolute atomic E-state index is 0.168. The number of aliphatic hydroxyl groups is 3. The highest BCUT2D eigenvalue weighted by molar-refractivity contribution is 7.81. The highest BCUT2D eigenvalue weighted by atomic mass is 32.3. The molecule has 1 fully saturated rings. The molecule has 18 heteroatoms. The first kappa shape index (κ1) is 24.7. The van der Waals surface area contributed by atoms with Gasteiger partial charge in [-0.1, -0.05) is 0 Å². The first-order valence-corrected chi connectivity index (χ1v) is 9.70. The maximum absolute atomic E-state index is 11.1. The number of aldehydes is 1. The number of carboxylic acid groups (broad SMARTS) is 1. The van der Waals surface area contributed by atoms with Gasteiger partial charge in [0.2, 0.25) is 0 Å². The Bertz CT molecular complexity index is 760. The van der Waals surface area contributed by atoms with Crippen LogP contribution in [0.1, 0.15) is 0 Å². The van der Waals surface area contributed by atoms with Crippen molar-refractivity contribution in [2.45, 2.75) is 42.9 Å². The molecular formula is C10H16O16S2. The van der Waals surface area contributed by atoms with Crippen molar-refractivity contribution >= 4 is 33.1 Å². The van der Waals surface area contributed by atoms with Crippen LogP contribution in [0.2, 0.25) is 0 Å². The Hall–Kier alpha value is -1.32. The Morgan fingerprint density at radius 1 is 1.11 bits per heavy atom. The van der Waals surface area contributed by atoms with Crippen molar-refractivity contribution in [2.24, 2.45) is 0 Å². The molecule has 1 aliphatic heterocycles. The Kier molecular flexibility index (Phi) is 8.34. The largest absolute Gasteiger partial charge is 0.479 e. The van der Waals surface area contributed by atoms with Crippen molar-refractivity contribution in [3.8, 4) is 0 Å². The molecule has 0 aromatic rings. The molecule has 28 heavy (non-hydrogen) atoms. The Labute approximate surface area is 157 Å². The van der Waals surface area contributed by atoms with Crippen LogP contribution in [0.4, 0.5) is 0 Å². The molecular weight excluding hydrogens is 440 g/mol. The summed E-state index contributed by atoms with van der Waals surface area (Å²) in [5.74, 6) is -1.84. The predicted octanol–water partition coefficient (Wildman–Crippen LogP) is -4.53. The van der Waals surface area contributed by atoms with Crippen LogP contribution in [0.15, 0.2) is 0 Å². The van der Waals surface area contributed by atoms with Gasteiger partial charge in [-0.05, 0) is 0 Å². The number of hydrogen-bond donors (Lipinski definition) is 6. The maximum atomic E-state index is 11.1. The van der Waals surface area contributed by atoms with Gasteiger partial charge in [0.15, 0.2) is 24.8 Å². The van der Waals surface area contributed by atoms with Gasteiger partial charge in [0.1, 0.15) is 24.4 Å². The van der Waals surface area contributed by atoms with E-state index < -0.39 is 76.3 Å². The lowest BCUT2D eigenvalue weighted by Gasteiger charge is -2.40. The summed E-state index contributed by atoms with van der Waals surface area (Å²) in [6.07, 6.45) is -15.8. The summed E-state index contributed by atoms with van der Waals surface area (Å²) < 4.78 is 77.2. The zero-order valence-electron chi connectivity index (χ0n) is 13.4. The number of aliphatic hydroxyl groups excluding tert-OH is 3. The van der Waals surface area contributed by atoms with Crippen LogP contribution in [0.5, 0.6) is 0 Å². The third-order valence-electron chi connectivity index (χ3n) is 3.21. The zero-order chi connectivity index (χ0) is 21.9. The van der Waals surface area contributed by atoms with Gasteiger partial charge >= 0.3 is 26.8 Å². The fraction of sp³-hybridized carbons (Fsp3) is 0.800. The van der Waals surface area contributed by atoms with Crippen molar-refractivity contribution in [2.75, 3.05) is 6.61 Å². The van der Waals surface area contributed by atoms with Crippen LogP contribution in [0.3, 0.4) is 0 Å². The molecule has 7 unspecified atom stereocenters. The van der Waals surface area contributed by atoms with Crippen LogP contribution in [0.25, 0.3) is 0 Å². The highest BCUT2D eigenvalue weighted by Crippen LogP contribution is 2.27. The third-order valence-corrected chi connectivity index (χ3v) is 4.11. The molecule has 0 radical (unpaired) electrons. The van der Waals surface area contributed by atoms with E-state index in [-0.39, 0.29) is 6.29 Å². The smallest absolute Gasteiger partial charge is 0.397 e. The van der Waals surface area contributed by atoms with Crippen molar-refractivity contribution < 1.29 is 73.8 Å². The molecule has 1 aliphatic rings. The van der Waals surface area contributed by atoms with Crippen LogP contribution in [-0.4, -0.2) is 108 Å². The minimum atomic E-state index is -5.31. The summed E-state index contributed by atoms with van der Waals surface area (Å²) in [5.41, 5.74) is 0. The molecule has 1 rings (SSSR count). The molecule has 16 nitrogen and oxygen atoms in total. The zero-order valence-corrected chi connectivity index (χ0v) is 15.0. The molecule has 0 amide bonds. The quantitative estimate of drug-likeness (QED) is 0.133. The molecule has 1 heterocycles. The minimum Gasteiger partial charge on any atom is -0.479 e. The first-order valence-electron chi connectivity index (χ1n) is 6.97. The second kappa shape index (κ2) is 9.45. The summed E-state index contributed by atoms with van der Waals surface area (Å²) in [6.45, 7) is -1.23. The van der Waals surface area contributed by atoms with Crippen LogP contribution >= 0.6 is 0 Å². The number of rotatable bonds is 10. The fourth-order valence-electron chi connectivity index (χ4n) is 2.01. The van der Waals surface area contributed by atoms with Crippen LogP contribution < -0.4 is 0 Å². The van der Waals surface area contributed by atoms with Crippen molar-refractivity contribution in [1.29, 1.82) is 0 Å². The van der Waals surface area contributed by atoms with Crippen molar-refractivity contribution in [1.82, 2.24) is 0 Å². The molecule has 0 bridgehead atoms. The van der Waals surface area contributed by atoms with Gasteiger partial charge in [-0.15, -0.1) is 0 Å². The Morgan fingerprint density at radius 3 is 2.11 bits per heavy atom. The topological polar surface area (TPSA) is 261 Å². The third kappa shape index (κ3) is 7.25. The summed E-state index contributed by atoms with van der Waals surface area (Å²) in [6, 6.07) is 0. The number of carbonyl (C=O) groups is 2. The SMILES string of the molecule is O=CC(OC1OC(C(=O)O)C(O)C(O)C1OS(=O)(=O)O)C(O)COS(=O)(=O)O. The average molecular weight is 456 g/mol. The standard InChI is InChI=1S/C10H16O16S2/c11-1-4(3(12)2-23-27(17,18)19)24-10-8(26-28(20,21)22)6(14)5(13)7(25-10)9(15)16/h1,3-8,10,12-14H,2H2,(H,15,16)(H,17,18,19)(H,20,21,22). The van der Waals surface area contributed by atoms with Crippen LogP contribution in [-0.2, 0) is 48.2 Å². The normalized spacial score (nSPS) is 31.1. The Morgan fingerprint density at radius 2 is 1.68 bits per heavy atom. The molecule has 0 aromatic carbocycles. The maximum Gasteiger partial charge on any atom is 0.397 e. The monoisotopic (exact) mass is 456 g/mol. The highest BCUT2D eigenvalue weighted by Gasteiger charge is 2.51. The van der Waals surface area contributed by atoms with E-state index in [9.17, 15) is 41.7 Å². The van der Waals surface area contributed by atoms with E-state index in [2.05, 4.69) is 8.37 Å². The summed E-state index contributed by atoms with van der Waals surface area (Å²) in [4.78, 5) is 22.1. The first-order chi connectivity index (χ1) is 12.7. The molecule has 164 valence electrons. The van der Waals surface area contributed by atoms with Gasteiger partial charge in [-0.25, -0.2) is 13.2 Å². The molecule has 0 aliphatic carbocycles. The fourth-order valence-corrected chi connectivity index (χ4v) is 2.81. The van der Waals surface area contributed by atoms with E-state index in [0.717, 1.165) is 0 Å². The molecule has 6 N–H and O–H groups in total. The number of hydrogen-bond acceptors (Lipinski definition) is 13. The van der Waals surface area contributed by atoms with E-state index in [1.54, 1.807) is 0 Å². The van der Waals surface area contributed by atoms with E-state index in [1.807, 2.05) is 0 Å². The van der Waals surface area contributed by atoms with Gasteiger partial charge in [0.05, 0.1) is 6.61 Å². The predicted molar refractivity (Wildman–Crippen MR) is 79.2 cm³/mol. The lowest BCUT2D eigenvalue weighted by Crippen LogP contribution is -2.62. The van der Waals surface area contributed by atoms with Gasteiger partial charge in [-0.3, -0.25) is 9.11 Å². The van der Waals surface area contributed by atoms with E-state index in [4.69, 9.17) is 23.7 Å². The lowest BCUT2D eigenvalue weighted by molar-refractivity contribution is -0.301. The van der Waals surface area contributed by atoms with Gasteiger partial charge in [-0.2, -0.15) is 16.8 Å². The molecule has 0 aromatic heterocycles. The molecule has 0 saturated carbocycles. The summed E-state index contributed by atoms with van der Waals surface area (Å²) in [5, 5.41) is 38.1. The number of carbonyl (C=O) groups excluding carboxylic acids is 1. The van der Waals surface area contributed by atoms with Gasteiger partial charge < -0.3 is 34.7 Å². The van der Waals surface area contributed by atoms with Crippen LogP contribution in [0, 0.1) is 0 Å². The number of ether oxygens (including phenoxy) is 2. The number of aliphatic carboxylic acids is 1. The van der Waals surface area contributed by atoms with E-state index in [0.29, 0.717) is 0 Å². The molecule has 1 saturated heterocycles. The second-order valence-corrected chi connectivity index (χ2v) is 7.39. The van der Waals surface area contributed by atoms with E-state index in [1.165, 1.54) is 0 Å². The van der Waals surface area contributed by atoms with Gasteiger partial charge in [0.25, 0.3) is 0 Å². The lowest BCUT2D eigenvalue weighted by atomic mass is 9.99. The number of carboxylic acids is 1. The second-order valence-electron chi connectivity index (χ2n) is 5.25. The van der Waals surface area contributed by atoms with E-state index >= 15 is 0 Å². The van der Waals surface area contributed by atoms with Crippen molar-refractivity contribution in [3.63, 3.8) is 0 Å².